The maximum atomic E-state index is 12.8. The van der Waals surface area contributed by atoms with E-state index in [2.05, 4.69) is 9.97 Å². The molecular formula is C20H19ClN4O4. The largest absolute Gasteiger partial charge is 0.443 e. The highest BCUT2D eigenvalue weighted by Gasteiger charge is 2.33. The molecule has 1 N–H and O–H groups in total. The predicted octanol–water partition coefficient (Wildman–Crippen LogP) is 2.13. The number of hydrogen-bond acceptors (Lipinski definition) is 5. The zero-order valence-corrected chi connectivity index (χ0v) is 16.3. The van der Waals surface area contributed by atoms with Crippen LogP contribution in [-0.2, 0) is 17.8 Å². The van der Waals surface area contributed by atoms with Crippen LogP contribution in [0.4, 0.5) is 0 Å². The Morgan fingerprint density at radius 3 is 2.97 bits per heavy atom. The van der Waals surface area contributed by atoms with Crippen molar-refractivity contribution in [1.29, 1.82) is 0 Å². The van der Waals surface area contributed by atoms with E-state index in [9.17, 15) is 14.4 Å². The summed E-state index contributed by atoms with van der Waals surface area (Å²) in [5, 5.41) is 0.660. The van der Waals surface area contributed by atoms with E-state index in [1.165, 1.54) is 16.8 Å². The number of rotatable bonds is 5. The Bertz CT molecular complexity index is 1150. The van der Waals surface area contributed by atoms with E-state index in [-0.39, 0.29) is 18.5 Å². The third-order valence-corrected chi connectivity index (χ3v) is 5.13. The highest BCUT2D eigenvalue weighted by Crippen LogP contribution is 2.32. The average molecular weight is 415 g/mol. The maximum Gasteiger partial charge on any atom is 0.328 e. The molecule has 1 saturated heterocycles. The molecule has 29 heavy (non-hydrogen) atoms. The van der Waals surface area contributed by atoms with Crippen LogP contribution >= 0.6 is 11.6 Å². The van der Waals surface area contributed by atoms with Crippen molar-refractivity contribution in [2.24, 2.45) is 0 Å². The van der Waals surface area contributed by atoms with Gasteiger partial charge in [-0.05, 0) is 30.5 Å². The van der Waals surface area contributed by atoms with Gasteiger partial charge in [0.1, 0.15) is 18.3 Å². The number of benzene rings is 1. The second-order valence-electron chi connectivity index (χ2n) is 6.95. The highest BCUT2D eigenvalue weighted by atomic mass is 35.5. The molecule has 1 unspecified atom stereocenters. The Labute approximate surface area is 170 Å². The van der Waals surface area contributed by atoms with E-state index >= 15 is 0 Å². The summed E-state index contributed by atoms with van der Waals surface area (Å²) in [4.78, 5) is 44.0. The second-order valence-corrected chi connectivity index (χ2v) is 7.39. The normalized spacial score (nSPS) is 16.3. The molecule has 0 saturated carbocycles. The predicted molar refractivity (Wildman–Crippen MR) is 106 cm³/mol. The van der Waals surface area contributed by atoms with Crippen LogP contribution in [0.5, 0.6) is 0 Å². The summed E-state index contributed by atoms with van der Waals surface area (Å²) in [7, 11) is 0. The number of H-pyrrole nitrogens is 1. The molecule has 3 aromatic rings. The Kier molecular flexibility index (Phi) is 5.35. The second kappa shape index (κ2) is 8.08. The van der Waals surface area contributed by atoms with Gasteiger partial charge in [-0.3, -0.25) is 19.1 Å². The number of amides is 1. The van der Waals surface area contributed by atoms with Crippen LogP contribution in [-0.4, -0.2) is 31.9 Å². The zero-order chi connectivity index (χ0) is 20.4. The number of carbonyl (C=O) groups is 1. The van der Waals surface area contributed by atoms with Crippen molar-refractivity contribution in [1.82, 2.24) is 19.4 Å². The molecule has 0 spiro atoms. The summed E-state index contributed by atoms with van der Waals surface area (Å²) < 4.78 is 7.10. The maximum absolute atomic E-state index is 12.8. The zero-order valence-electron chi connectivity index (χ0n) is 15.5. The van der Waals surface area contributed by atoms with Crippen LogP contribution in [0.1, 0.15) is 36.1 Å². The lowest BCUT2D eigenvalue weighted by atomic mass is 10.1. The van der Waals surface area contributed by atoms with Crippen LogP contribution in [0.25, 0.3) is 0 Å². The number of hydrogen-bond donors (Lipinski definition) is 1. The summed E-state index contributed by atoms with van der Waals surface area (Å²) in [5.41, 5.74) is -0.0942. The summed E-state index contributed by atoms with van der Waals surface area (Å²) in [5.74, 6) is 0.955. The number of halogens is 1. The smallest absolute Gasteiger partial charge is 0.328 e. The SMILES string of the molecule is O=C(Cn1ccc(=O)[nH]c1=O)N1CCCC1c1ncc(Cc2cccc(Cl)c2)o1. The Morgan fingerprint density at radius 2 is 2.17 bits per heavy atom. The molecule has 1 aliphatic rings. The lowest BCUT2D eigenvalue weighted by Crippen LogP contribution is -2.38. The lowest BCUT2D eigenvalue weighted by molar-refractivity contribution is -0.133. The summed E-state index contributed by atoms with van der Waals surface area (Å²) >= 11 is 6.03. The first-order chi connectivity index (χ1) is 14.0. The fourth-order valence-electron chi connectivity index (χ4n) is 3.53. The van der Waals surface area contributed by atoms with Crippen molar-refractivity contribution >= 4 is 17.5 Å². The quantitative estimate of drug-likeness (QED) is 0.689. The van der Waals surface area contributed by atoms with Crippen molar-refractivity contribution < 1.29 is 9.21 Å². The number of nitrogens with zero attached hydrogens (tertiary/aromatic N) is 3. The van der Waals surface area contributed by atoms with E-state index in [0.717, 1.165) is 18.4 Å². The minimum absolute atomic E-state index is 0.151. The summed E-state index contributed by atoms with van der Waals surface area (Å²) in [6, 6.07) is 8.47. The fraction of sp³-hybridized carbons (Fsp3) is 0.300. The van der Waals surface area contributed by atoms with Crippen molar-refractivity contribution in [3.8, 4) is 0 Å². The number of oxazole rings is 1. The van der Waals surface area contributed by atoms with Gasteiger partial charge in [-0.1, -0.05) is 23.7 Å². The Balaban J connectivity index is 1.48. The Morgan fingerprint density at radius 1 is 1.31 bits per heavy atom. The Hall–Kier alpha value is -3.13. The minimum atomic E-state index is -0.610. The van der Waals surface area contributed by atoms with Gasteiger partial charge >= 0.3 is 5.69 Å². The average Bonchev–Trinajstić information content (AvgIpc) is 3.33. The molecule has 8 nitrogen and oxygen atoms in total. The van der Waals surface area contributed by atoms with Crippen molar-refractivity contribution in [3.63, 3.8) is 0 Å². The van der Waals surface area contributed by atoms with Gasteiger partial charge in [0.05, 0.1) is 6.20 Å². The number of carbonyl (C=O) groups excluding carboxylic acids is 1. The number of aromatic nitrogens is 3. The highest BCUT2D eigenvalue weighted by molar-refractivity contribution is 6.30. The van der Waals surface area contributed by atoms with Gasteiger partial charge in [-0.15, -0.1) is 0 Å². The van der Waals surface area contributed by atoms with Crippen molar-refractivity contribution in [2.45, 2.75) is 31.8 Å². The van der Waals surface area contributed by atoms with E-state index in [1.54, 1.807) is 11.1 Å². The number of aromatic amines is 1. The van der Waals surface area contributed by atoms with Crippen LogP contribution in [0.2, 0.25) is 5.02 Å². The first-order valence-corrected chi connectivity index (χ1v) is 9.66. The molecule has 4 rings (SSSR count). The summed E-state index contributed by atoms with van der Waals surface area (Å²) in [6.07, 6.45) is 5.11. The first-order valence-electron chi connectivity index (χ1n) is 9.28. The number of nitrogens with one attached hydrogen (secondary N) is 1. The van der Waals surface area contributed by atoms with Gasteiger partial charge in [0.15, 0.2) is 0 Å². The van der Waals surface area contributed by atoms with Crippen LogP contribution in [0, 0.1) is 0 Å². The number of likely N-dealkylation sites (tertiary alicyclic amines) is 1. The van der Waals surface area contributed by atoms with Crippen LogP contribution in [0.15, 0.2) is 56.7 Å². The molecule has 0 aliphatic carbocycles. The topological polar surface area (TPSA) is 101 Å². The van der Waals surface area contributed by atoms with E-state index < -0.39 is 11.2 Å². The fourth-order valence-corrected chi connectivity index (χ4v) is 3.75. The molecule has 1 fully saturated rings. The molecule has 2 aromatic heterocycles. The van der Waals surface area contributed by atoms with Crippen molar-refractivity contribution in [3.05, 3.63) is 85.8 Å². The minimum Gasteiger partial charge on any atom is -0.443 e. The molecule has 0 radical (unpaired) electrons. The summed E-state index contributed by atoms with van der Waals surface area (Å²) in [6.45, 7) is 0.413. The molecular weight excluding hydrogens is 396 g/mol. The lowest BCUT2D eigenvalue weighted by Gasteiger charge is -2.22. The molecule has 0 bridgehead atoms. The monoisotopic (exact) mass is 414 g/mol. The standard InChI is InChI=1S/C20H19ClN4O4/c21-14-4-1-3-13(9-14)10-15-11-22-19(29-15)16-5-2-7-25(16)18(27)12-24-8-6-17(26)23-20(24)28/h1,3-4,6,8-9,11,16H,2,5,7,10,12H2,(H,23,26,28). The van der Waals surface area contributed by atoms with Gasteiger partial charge in [-0.2, -0.15) is 0 Å². The van der Waals surface area contributed by atoms with Crippen molar-refractivity contribution in [2.75, 3.05) is 6.54 Å². The third kappa shape index (κ3) is 4.32. The van der Waals surface area contributed by atoms with Gasteiger partial charge in [0.25, 0.3) is 5.56 Å². The van der Waals surface area contributed by atoms with Gasteiger partial charge in [-0.25, -0.2) is 9.78 Å². The van der Waals surface area contributed by atoms with Crippen LogP contribution < -0.4 is 11.2 Å². The molecule has 150 valence electrons. The molecule has 1 atom stereocenters. The molecule has 1 aromatic carbocycles. The molecule has 1 amide bonds. The molecule has 9 heteroatoms. The first kappa shape index (κ1) is 19.2. The van der Waals surface area contributed by atoms with Gasteiger partial charge in [0, 0.05) is 30.3 Å². The van der Waals surface area contributed by atoms with E-state index in [4.69, 9.17) is 16.0 Å². The van der Waals surface area contributed by atoms with E-state index in [1.807, 2.05) is 24.3 Å². The van der Waals surface area contributed by atoms with Crippen LogP contribution in [0.3, 0.4) is 0 Å². The van der Waals surface area contributed by atoms with Gasteiger partial charge in [0.2, 0.25) is 11.8 Å². The van der Waals surface area contributed by atoms with Gasteiger partial charge < -0.3 is 9.32 Å². The molecule has 1 aliphatic heterocycles. The van der Waals surface area contributed by atoms with E-state index in [0.29, 0.717) is 29.6 Å². The molecule has 3 heterocycles. The third-order valence-electron chi connectivity index (χ3n) is 4.90.